The molecule has 0 saturated heterocycles. The molecule has 0 aliphatic carbocycles. The molecule has 1 aromatic rings. The van der Waals surface area contributed by atoms with Crippen molar-refractivity contribution in [3.05, 3.63) is 24.2 Å². The molecular weight excluding hydrogens is 234 g/mol. The van der Waals surface area contributed by atoms with Gasteiger partial charge in [-0.15, -0.1) is 0 Å². The molecule has 0 fully saturated rings. The van der Waals surface area contributed by atoms with Crippen molar-refractivity contribution < 1.29 is 18.7 Å². The molecule has 1 amide bonds. The van der Waals surface area contributed by atoms with E-state index in [1.165, 1.54) is 6.26 Å². The third-order valence-corrected chi connectivity index (χ3v) is 2.40. The van der Waals surface area contributed by atoms with E-state index in [1.54, 1.807) is 24.0 Å². The number of rotatable bonds is 7. The van der Waals surface area contributed by atoms with E-state index in [1.807, 2.05) is 6.92 Å². The molecule has 0 N–H and O–H groups in total. The number of ether oxygens (including phenoxy) is 1. The highest BCUT2D eigenvalue weighted by Gasteiger charge is 2.18. The zero-order chi connectivity index (χ0) is 13.4. The Hall–Kier alpha value is -1.78. The molecule has 5 nitrogen and oxygen atoms in total. The predicted molar refractivity (Wildman–Crippen MR) is 66.2 cm³/mol. The van der Waals surface area contributed by atoms with Crippen molar-refractivity contribution in [3.8, 4) is 0 Å². The molecule has 0 bridgehead atoms. The van der Waals surface area contributed by atoms with Gasteiger partial charge in [0, 0.05) is 13.1 Å². The second-order valence-electron chi connectivity index (χ2n) is 3.82. The molecular formula is C13H19NO4. The predicted octanol–water partition coefficient (Wildman–Crippen LogP) is 2.08. The van der Waals surface area contributed by atoms with Crippen molar-refractivity contribution >= 4 is 11.9 Å². The number of furan rings is 1. The van der Waals surface area contributed by atoms with Crippen molar-refractivity contribution in [1.82, 2.24) is 4.90 Å². The van der Waals surface area contributed by atoms with Gasteiger partial charge in [0.2, 0.25) is 0 Å². The number of nitrogens with zero attached hydrogens (tertiary/aromatic N) is 1. The summed E-state index contributed by atoms with van der Waals surface area (Å²) in [6.07, 6.45) is 2.50. The lowest BCUT2D eigenvalue weighted by molar-refractivity contribution is -0.143. The van der Waals surface area contributed by atoms with Gasteiger partial charge in [0.15, 0.2) is 5.76 Å². The van der Waals surface area contributed by atoms with Gasteiger partial charge >= 0.3 is 5.97 Å². The van der Waals surface area contributed by atoms with Crippen molar-refractivity contribution in [2.24, 2.45) is 0 Å². The quantitative estimate of drug-likeness (QED) is 0.698. The van der Waals surface area contributed by atoms with Gasteiger partial charge in [0.05, 0.1) is 19.3 Å². The standard InChI is InChI=1S/C13H19NO4/c1-3-8-14(9-7-12(15)17-4-2)13(16)11-6-5-10-18-11/h5-6,10H,3-4,7-9H2,1-2H3. The highest BCUT2D eigenvalue weighted by atomic mass is 16.5. The lowest BCUT2D eigenvalue weighted by Gasteiger charge is -2.20. The van der Waals surface area contributed by atoms with Gasteiger partial charge in [0.1, 0.15) is 0 Å². The van der Waals surface area contributed by atoms with E-state index in [0.717, 1.165) is 6.42 Å². The second kappa shape index (κ2) is 7.53. The molecule has 18 heavy (non-hydrogen) atoms. The van der Waals surface area contributed by atoms with Crippen molar-refractivity contribution in [2.45, 2.75) is 26.7 Å². The van der Waals surface area contributed by atoms with E-state index in [4.69, 9.17) is 9.15 Å². The number of esters is 1. The van der Waals surface area contributed by atoms with Gasteiger partial charge < -0.3 is 14.1 Å². The molecule has 0 aliphatic heterocycles. The fourth-order valence-corrected chi connectivity index (χ4v) is 1.60. The van der Waals surface area contributed by atoms with E-state index < -0.39 is 0 Å². The molecule has 0 saturated carbocycles. The average Bonchev–Trinajstić information content (AvgIpc) is 2.87. The van der Waals surface area contributed by atoms with Crippen LogP contribution in [0.2, 0.25) is 0 Å². The maximum Gasteiger partial charge on any atom is 0.307 e. The van der Waals surface area contributed by atoms with Gasteiger partial charge in [-0.3, -0.25) is 9.59 Å². The Kier molecular flexibility index (Phi) is 5.97. The van der Waals surface area contributed by atoms with Crippen LogP contribution in [-0.2, 0) is 9.53 Å². The van der Waals surface area contributed by atoms with E-state index in [-0.39, 0.29) is 18.3 Å². The monoisotopic (exact) mass is 253 g/mol. The number of hydrogen-bond donors (Lipinski definition) is 0. The van der Waals surface area contributed by atoms with E-state index >= 15 is 0 Å². The van der Waals surface area contributed by atoms with Crippen LogP contribution in [0.4, 0.5) is 0 Å². The molecule has 1 heterocycles. The van der Waals surface area contributed by atoms with Crippen molar-refractivity contribution in [2.75, 3.05) is 19.7 Å². The Bertz CT molecular complexity index is 372. The van der Waals surface area contributed by atoms with Crippen LogP contribution in [0.25, 0.3) is 0 Å². The van der Waals surface area contributed by atoms with Gasteiger partial charge in [-0.2, -0.15) is 0 Å². The summed E-state index contributed by atoms with van der Waals surface area (Å²) >= 11 is 0. The van der Waals surface area contributed by atoms with Crippen LogP contribution < -0.4 is 0 Å². The third kappa shape index (κ3) is 4.24. The second-order valence-corrected chi connectivity index (χ2v) is 3.82. The summed E-state index contributed by atoms with van der Waals surface area (Å²) in [4.78, 5) is 24.9. The third-order valence-electron chi connectivity index (χ3n) is 2.40. The van der Waals surface area contributed by atoms with Crippen LogP contribution in [0.5, 0.6) is 0 Å². The van der Waals surface area contributed by atoms with Gasteiger partial charge in [-0.1, -0.05) is 6.92 Å². The number of carbonyl (C=O) groups excluding carboxylic acids is 2. The lowest BCUT2D eigenvalue weighted by Crippen LogP contribution is -2.33. The van der Waals surface area contributed by atoms with E-state index in [9.17, 15) is 9.59 Å². The summed E-state index contributed by atoms with van der Waals surface area (Å²) in [6, 6.07) is 3.29. The van der Waals surface area contributed by atoms with Crippen molar-refractivity contribution in [1.29, 1.82) is 0 Å². The molecule has 0 unspecified atom stereocenters. The normalized spacial score (nSPS) is 10.1. The topological polar surface area (TPSA) is 59.8 Å². The summed E-state index contributed by atoms with van der Waals surface area (Å²) in [5, 5.41) is 0. The van der Waals surface area contributed by atoms with E-state index in [2.05, 4.69) is 0 Å². The minimum Gasteiger partial charge on any atom is -0.466 e. The summed E-state index contributed by atoms with van der Waals surface area (Å²) in [6.45, 7) is 5.05. The van der Waals surface area contributed by atoms with Gasteiger partial charge in [0.25, 0.3) is 5.91 Å². The highest BCUT2D eigenvalue weighted by Crippen LogP contribution is 2.07. The van der Waals surface area contributed by atoms with Crippen molar-refractivity contribution in [3.63, 3.8) is 0 Å². The average molecular weight is 253 g/mol. The van der Waals surface area contributed by atoms with Crippen LogP contribution >= 0.6 is 0 Å². The molecule has 5 heteroatoms. The summed E-state index contributed by atoms with van der Waals surface area (Å²) < 4.78 is 9.91. The smallest absolute Gasteiger partial charge is 0.307 e. The molecule has 100 valence electrons. The Labute approximate surface area is 107 Å². The largest absolute Gasteiger partial charge is 0.466 e. The summed E-state index contributed by atoms with van der Waals surface area (Å²) in [7, 11) is 0. The molecule has 1 rings (SSSR count). The van der Waals surface area contributed by atoms with Crippen LogP contribution in [0.1, 0.15) is 37.2 Å². The fourth-order valence-electron chi connectivity index (χ4n) is 1.60. The lowest BCUT2D eigenvalue weighted by atomic mass is 10.3. The fraction of sp³-hybridized carbons (Fsp3) is 0.538. The van der Waals surface area contributed by atoms with Gasteiger partial charge in [-0.05, 0) is 25.5 Å². The number of amides is 1. The Balaban J connectivity index is 2.54. The first-order valence-electron chi connectivity index (χ1n) is 6.17. The first-order chi connectivity index (χ1) is 8.69. The van der Waals surface area contributed by atoms with Gasteiger partial charge in [-0.25, -0.2) is 0 Å². The first kappa shape index (κ1) is 14.3. The van der Waals surface area contributed by atoms with Crippen LogP contribution in [0.15, 0.2) is 22.8 Å². The van der Waals surface area contributed by atoms with Crippen LogP contribution in [0.3, 0.4) is 0 Å². The molecule has 1 aromatic heterocycles. The molecule has 0 spiro atoms. The van der Waals surface area contributed by atoms with Crippen LogP contribution in [0, 0.1) is 0 Å². The zero-order valence-corrected chi connectivity index (χ0v) is 10.8. The Morgan fingerprint density at radius 2 is 2.11 bits per heavy atom. The molecule has 0 radical (unpaired) electrons. The SMILES string of the molecule is CCCN(CCC(=O)OCC)C(=O)c1ccco1. The van der Waals surface area contributed by atoms with E-state index in [0.29, 0.717) is 25.5 Å². The maximum atomic E-state index is 12.0. The Morgan fingerprint density at radius 1 is 1.33 bits per heavy atom. The minimum absolute atomic E-state index is 0.189. The summed E-state index contributed by atoms with van der Waals surface area (Å²) in [5.41, 5.74) is 0. The molecule has 0 aromatic carbocycles. The minimum atomic E-state index is -0.286. The Morgan fingerprint density at radius 3 is 2.67 bits per heavy atom. The molecule has 0 aliphatic rings. The number of carbonyl (C=O) groups is 2. The summed E-state index contributed by atoms with van der Waals surface area (Å²) in [5.74, 6) is -0.177. The molecule has 0 atom stereocenters. The number of hydrogen-bond acceptors (Lipinski definition) is 4. The first-order valence-corrected chi connectivity index (χ1v) is 6.17. The highest BCUT2D eigenvalue weighted by molar-refractivity contribution is 5.91. The maximum absolute atomic E-state index is 12.0. The zero-order valence-electron chi connectivity index (χ0n) is 10.8. The van der Waals surface area contributed by atoms with Crippen LogP contribution in [-0.4, -0.2) is 36.5 Å².